The van der Waals surface area contributed by atoms with Gasteiger partial charge in [0.1, 0.15) is 21.9 Å². The van der Waals surface area contributed by atoms with Crippen molar-refractivity contribution in [2.75, 3.05) is 0 Å². The average molecular weight is 493 g/mol. The normalized spacial score (nSPS) is 11.6. The maximum atomic E-state index is 12.7. The van der Waals surface area contributed by atoms with E-state index in [4.69, 9.17) is 20.8 Å². The number of ether oxygens (including phenoxy) is 1. The number of nitro groups is 1. The van der Waals surface area contributed by atoms with Gasteiger partial charge < -0.3 is 14.5 Å². The smallest absolute Gasteiger partial charge is 0.349 e. The maximum absolute atomic E-state index is 12.7. The monoisotopic (exact) mass is 492 g/mol. The van der Waals surface area contributed by atoms with Crippen LogP contribution >= 0.6 is 11.6 Å². The molecule has 0 bridgehead atoms. The molecule has 0 spiro atoms. The van der Waals surface area contributed by atoms with E-state index in [2.05, 4.69) is 5.32 Å². The lowest BCUT2D eigenvalue weighted by Crippen LogP contribution is -2.30. The number of hydrogen-bond donors (Lipinski definition) is 1. The fourth-order valence-corrected chi connectivity index (χ4v) is 3.54. The van der Waals surface area contributed by atoms with E-state index in [1.54, 1.807) is 6.92 Å². The Morgan fingerprint density at radius 3 is 2.51 bits per heavy atom. The Hall–Kier alpha value is -4.50. The molecule has 1 N–H and O–H groups in total. The summed E-state index contributed by atoms with van der Waals surface area (Å²) in [6.07, 6.45) is 0. The first kappa shape index (κ1) is 23.7. The highest BCUT2D eigenvalue weighted by molar-refractivity contribution is 6.32. The lowest BCUT2D eigenvalue weighted by molar-refractivity contribution is -0.384. The molecular formula is C25H17ClN2O7. The zero-order valence-corrected chi connectivity index (χ0v) is 18.9. The second-order valence-corrected chi connectivity index (χ2v) is 7.97. The Morgan fingerprint density at radius 1 is 1.06 bits per heavy atom. The van der Waals surface area contributed by atoms with Gasteiger partial charge in [-0.1, -0.05) is 41.9 Å². The van der Waals surface area contributed by atoms with Crippen LogP contribution in [0.3, 0.4) is 0 Å². The molecule has 0 aliphatic carbocycles. The zero-order valence-electron chi connectivity index (χ0n) is 18.2. The van der Waals surface area contributed by atoms with Crippen molar-refractivity contribution in [3.8, 4) is 5.75 Å². The quantitative estimate of drug-likeness (QED) is 0.131. The van der Waals surface area contributed by atoms with Crippen LogP contribution in [0.2, 0.25) is 5.02 Å². The highest BCUT2D eigenvalue weighted by Crippen LogP contribution is 2.27. The number of carbonyl (C=O) groups excluding carboxylic acids is 2. The van der Waals surface area contributed by atoms with E-state index in [1.165, 1.54) is 36.4 Å². The summed E-state index contributed by atoms with van der Waals surface area (Å²) in [5, 5.41) is 14.1. The van der Waals surface area contributed by atoms with Crippen LogP contribution in [-0.2, 0) is 0 Å². The molecule has 0 fully saturated rings. The van der Waals surface area contributed by atoms with Crippen molar-refractivity contribution >= 4 is 40.1 Å². The van der Waals surface area contributed by atoms with E-state index >= 15 is 0 Å². The number of benzene rings is 3. The van der Waals surface area contributed by atoms with Crippen LogP contribution in [0.4, 0.5) is 5.69 Å². The number of fused-ring (bicyclic) bond motifs is 1. The van der Waals surface area contributed by atoms with Crippen molar-refractivity contribution in [1.82, 2.24) is 5.32 Å². The number of rotatable bonds is 6. The number of nitrogens with one attached hydrogen (secondary N) is 1. The first-order valence-electron chi connectivity index (χ1n) is 10.3. The molecule has 9 nitrogen and oxygen atoms in total. The average Bonchev–Trinajstić information content (AvgIpc) is 2.84. The van der Waals surface area contributed by atoms with E-state index in [1.807, 2.05) is 30.3 Å². The molecule has 35 heavy (non-hydrogen) atoms. The van der Waals surface area contributed by atoms with Gasteiger partial charge in [0.05, 0.1) is 16.5 Å². The highest BCUT2D eigenvalue weighted by Gasteiger charge is 2.19. The minimum absolute atomic E-state index is 0.0400. The summed E-state index contributed by atoms with van der Waals surface area (Å²) in [7, 11) is 0. The molecule has 4 rings (SSSR count). The first-order chi connectivity index (χ1) is 16.7. The number of amides is 1. The molecule has 4 aromatic rings. The Morgan fingerprint density at radius 2 is 1.80 bits per heavy atom. The third kappa shape index (κ3) is 5.20. The lowest BCUT2D eigenvalue weighted by atomic mass is 10.1. The summed E-state index contributed by atoms with van der Waals surface area (Å²) in [5.41, 5.74) is -0.565. The van der Waals surface area contributed by atoms with E-state index < -0.39 is 28.1 Å². The first-order valence-corrected chi connectivity index (χ1v) is 10.7. The van der Waals surface area contributed by atoms with Crippen molar-refractivity contribution in [3.63, 3.8) is 0 Å². The van der Waals surface area contributed by atoms with Crippen LogP contribution in [0.15, 0.2) is 82.0 Å². The molecule has 1 aromatic heterocycles. The summed E-state index contributed by atoms with van der Waals surface area (Å²) in [4.78, 5) is 47.9. The van der Waals surface area contributed by atoms with Crippen molar-refractivity contribution in [1.29, 1.82) is 0 Å². The second kappa shape index (κ2) is 9.78. The summed E-state index contributed by atoms with van der Waals surface area (Å²) >= 11 is 5.77. The number of esters is 1. The molecular weight excluding hydrogens is 476 g/mol. The predicted octanol–water partition coefficient (Wildman–Crippen LogP) is 5.06. The second-order valence-electron chi connectivity index (χ2n) is 7.57. The van der Waals surface area contributed by atoms with Crippen molar-refractivity contribution in [2.24, 2.45) is 0 Å². The van der Waals surface area contributed by atoms with Gasteiger partial charge in [0.25, 0.3) is 11.6 Å². The van der Waals surface area contributed by atoms with Gasteiger partial charge in [0.2, 0.25) is 0 Å². The van der Waals surface area contributed by atoms with Gasteiger partial charge in [-0.05, 0) is 42.8 Å². The van der Waals surface area contributed by atoms with Gasteiger partial charge >= 0.3 is 11.6 Å². The van der Waals surface area contributed by atoms with E-state index in [0.29, 0.717) is 5.39 Å². The van der Waals surface area contributed by atoms with Gasteiger partial charge in [0.15, 0.2) is 0 Å². The molecule has 0 saturated heterocycles. The molecule has 1 unspecified atom stereocenters. The fraction of sp³-hybridized carbons (Fsp3) is 0.0800. The summed E-state index contributed by atoms with van der Waals surface area (Å²) in [6.45, 7) is 1.80. The van der Waals surface area contributed by atoms with Crippen LogP contribution in [0.25, 0.3) is 11.0 Å². The van der Waals surface area contributed by atoms with Crippen molar-refractivity contribution < 1.29 is 23.7 Å². The standard InChI is InChI=1S/C25H17ClN2O7/c1-14(15-5-3-2-4-6-15)27-23(29)19-11-16-7-9-18(13-22(16)35-25(19)31)34-24(30)17-8-10-20(26)21(12-17)28(32)33/h2-14H,1H3,(H,27,29). The lowest BCUT2D eigenvalue weighted by Gasteiger charge is -2.14. The van der Waals surface area contributed by atoms with Crippen molar-refractivity contribution in [2.45, 2.75) is 13.0 Å². The minimum atomic E-state index is -0.864. The van der Waals surface area contributed by atoms with Crippen LogP contribution in [0, 0.1) is 10.1 Å². The SMILES string of the molecule is CC(NC(=O)c1cc2ccc(OC(=O)c3ccc(Cl)c([N+](=O)[O-])c3)cc2oc1=O)c1ccccc1. The highest BCUT2D eigenvalue weighted by atomic mass is 35.5. The predicted molar refractivity (Wildman–Crippen MR) is 128 cm³/mol. The van der Waals surface area contributed by atoms with E-state index in [9.17, 15) is 24.5 Å². The minimum Gasteiger partial charge on any atom is -0.423 e. The molecule has 1 atom stereocenters. The number of hydrogen-bond acceptors (Lipinski definition) is 7. The van der Waals surface area contributed by atoms with Gasteiger partial charge in [-0.3, -0.25) is 14.9 Å². The third-order valence-electron chi connectivity index (χ3n) is 5.19. The molecule has 10 heteroatoms. The molecule has 1 heterocycles. The summed E-state index contributed by atoms with van der Waals surface area (Å²) in [6, 6.07) is 18.1. The molecule has 1 amide bonds. The number of nitro benzene ring substituents is 1. The molecule has 0 saturated carbocycles. The zero-order chi connectivity index (χ0) is 25.1. The molecule has 0 aliphatic rings. The van der Waals surface area contributed by atoms with Crippen molar-refractivity contribution in [3.05, 3.63) is 115 Å². The molecule has 3 aromatic carbocycles. The van der Waals surface area contributed by atoms with Gasteiger partial charge in [0, 0.05) is 17.5 Å². The Labute approximate surface area is 203 Å². The van der Waals surface area contributed by atoms with Crippen LogP contribution < -0.4 is 15.7 Å². The molecule has 0 radical (unpaired) electrons. The fourth-order valence-electron chi connectivity index (χ4n) is 3.36. The van der Waals surface area contributed by atoms with Gasteiger partial charge in [-0.2, -0.15) is 0 Å². The van der Waals surface area contributed by atoms with Crippen LogP contribution in [-0.4, -0.2) is 16.8 Å². The van der Waals surface area contributed by atoms with Crippen LogP contribution in [0.1, 0.15) is 39.2 Å². The number of carbonyl (C=O) groups is 2. The van der Waals surface area contributed by atoms with E-state index in [-0.39, 0.29) is 33.5 Å². The Kier molecular flexibility index (Phi) is 6.61. The van der Waals surface area contributed by atoms with Crippen LogP contribution in [0.5, 0.6) is 5.75 Å². The van der Waals surface area contributed by atoms with E-state index in [0.717, 1.165) is 11.6 Å². The van der Waals surface area contributed by atoms with Gasteiger partial charge in [-0.15, -0.1) is 0 Å². The molecule has 176 valence electrons. The summed E-state index contributed by atoms with van der Waals surface area (Å²) < 4.78 is 10.5. The third-order valence-corrected chi connectivity index (χ3v) is 5.51. The number of halogens is 1. The topological polar surface area (TPSA) is 129 Å². The Balaban J connectivity index is 1.54. The molecule has 0 aliphatic heterocycles. The largest absolute Gasteiger partial charge is 0.423 e. The van der Waals surface area contributed by atoms with Gasteiger partial charge in [-0.25, -0.2) is 9.59 Å². The Bertz CT molecular complexity index is 1520. The number of nitrogens with zero attached hydrogens (tertiary/aromatic N) is 1. The maximum Gasteiger partial charge on any atom is 0.349 e. The summed E-state index contributed by atoms with van der Waals surface area (Å²) in [5.74, 6) is -1.41.